The molecule has 0 saturated carbocycles. The van der Waals surface area contributed by atoms with Crippen LogP contribution >= 0.6 is 0 Å². The van der Waals surface area contributed by atoms with E-state index in [0.29, 0.717) is 12.3 Å². The molecule has 7 nitrogen and oxygen atoms in total. The van der Waals surface area contributed by atoms with Crippen LogP contribution in [-0.2, 0) is 17.8 Å². The molecule has 2 heterocycles. The molecule has 0 unspecified atom stereocenters. The van der Waals surface area contributed by atoms with Crippen molar-refractivity contribution in [1.82, 2.24) is 15.1 Å². The zero-order valence-electron chi connectivity index (χ0n) is 17.4. The lowest BCUT2D eigenvalue weighted by molar-refractivity contribution is -0.130. The van der Waals surface area contributed by atoms with Crippen LogP contribution in [0, 0.1) is 0 Å². The number of guanidine groups is 1. The number of amides is 1. The van der Waals surface area contributed by atoms with Gasteiger partial charge in [-0.15, -0.1) is 0 Å². The van der Waals surface area contributed by atoms with Crippen molar-refractivity contribution < 1.29 is 9.90 Å². The maximum absolute atomic E-state index is 12.7. The van der Waals surface area contributed by atoms with Crippen LogP contribution in [0.25, 0.3) is 0 Å². The molecule has 7 heteroatoms. The Morgan fingerprint density at radius 2 is 1.67 bits per heavy atom. The van der Waals surface area contributed by atoms with E-state index >= 15 is 0 Å². The van der Waals surface area contributed by atoms with Gasteiger partial charge in [0.1, 0.15) is 5.75 Å². The van der Waals surface area contributed by atoms with Crippen LogP contribution in [0.3, 0.4) is 0 Å². The number of aromatic hydroxyl groups is 1. The number of fused-ring (bicyclic) bond motifs is 1. The summed E-state index contributed by atoms with van der Waals surface area (Å²) >= 11 is 0. The van der Waals surface area contributed by atoms with Crippen LogP contribution in [0.1, 0.15) is 11.1 Å². The summed E-state index contributed by atoms with van der Waals surface area (Å²) < 4.78 is 0. The van der Waals surface area contributed by atoms with Crippen LogP contribution in [0.5, 0.6) is 5.75 Å². The van der Waals surface area contributed by atoms with Crippen LogP contribution in [-0.4, -0.2) is 73.1 Å². The summed E-state index contributed by atoms with van der Waals surface area (Å²) in [7, 11) is 1.75. The number of rotatable bonds is 3. The Morgan fingerprint density at radius 1 is 0.967 bits per heavy atom. The van der Waals surface area contributed by atoms with Gasteiger partial charge in [-0.3, -0.25) is 9.79 Å². The number of hydrogen-bond acceptors (Lipinski definition) is 4. The quantitative estimate of drug-likeness (QED) is 0.598. The van der Waals surface area contributed by atoms with Crippen LogP contribution < -0.4 is 10.2 Å². The number of phenolic OH excluding ortho intramolecular Hbond substituents is 1. The number of carbonyl (C=O) groups excluding carboxylic acids is 1. The number of benzene rings is 2. The summed E-state index contributed by atoms with van der Waals surface area (Å²) in [5, 5.41) is 13.3. The van der Waals surface area contributed by atoms with Gasteiger partial charge in [0.25, 0.3) is 0 Å². The average molecular weight is 408 g/mol. The highest BCUT2D eigenvalue weighted by Gasteiger charge is 2.23. The fourth-order valence-electron chi connectivity index (χ4n) is 4.20. The molecule has 158 valence electrons. The first-order valence-corrected chi connectivity index (χ1v) is 10.5. The molecular formula is C23H29N5O2. The SMILES string of the molecule is CN=C(NCC(=O)N1CCc2ccccc2C1)N1CCN(c2ccccc2O)CC1. The van der Waals surface area contributed by atoms with E-state index in [2.05, 4.69) is 38.3 Å². The highest BCUT2D eigenvalue weighted by molar-refractivity contribution is 5.86. The van der Waals surface area contributed by atoms with Gasteiger partial charge in [0.05, 0.1) is 12.2 Å². The van der Waals surface area contributed by atoms with E-state index in [4.69, 9.17) is 0 Å². The first-order chi connectivity index (χ1) is 14.7. The number of hydrogen-bond donors (Lipinski definition) is 2. The fourth-order valence-corrected chi connectivity index (χ4v) is 4.20. The van der Waals surface area contributed by atoms with Gasteiger partial charge in [0, 0.05) is 46.3 Å². The predicted molar refractivity (Wildman–Crippen MR) is 119 cm³/mol. The van der Waals surface area contributed by atoms with Crippen molar-refractivity contribution in [2.24, 2.45) is 4.99 Å². The number of nitrogens with zero attached hydrogens (tertiary/aromatic N) is 4. The molecule has 2 aliphatic heterocycles. The molecule has 0 radical (unpaired) electrons. The average Bonchev–Trinajstić information content (AvgIpc) is 2.80. The van der Waals surface area contributed by atoms with Gasteiger partial charge in [0.2, 0.25) is 5.91 Å². The molecule has 0 aromatic heterocycles. The van der Waals surface area contributed by atoms with Crippen molar-refractivity contribution in [1.29, 1.82) is 0 Å². The van der Waals surface area contributed by atoms with E-state index in [1.807, 2.05) is 29.2 Å². The molecule has 2 aromatic carbocycles. The third kappa shape index (κ3) is 4.35. The van der Waals surface area contributed by atoms with Gasteiger partial charge in [0.15, 0.2) is 5.96 Å². The minimum Gasteiger partial charge on any atom is -0.506 e. The smallest absolute Gasteiger partial charge is 0.242 e. The van der Waals surface area contributed by atoms with Crippen LogP contribution in [0.2, 0.25) is 0 Å². The van der Waals surface area contributed by atoms with Crippen molar-refractivity contribution in [2.75, 3.05) is 51.2 Å². The normalized spacial score (nSPS) is 17.0. The second kappa shape index (κ2) is 9.07. The molecule has 2 N–H and O–H groups in total. The topological polar surface area (TPSA) is 71.4 Å². The standard InChI is InChI=1S/C23H29N5O2/c1-24-23(27-14-12-26(13-15-27)20-8-4-5-9-21(20)29)25-16-22(30)28-11-10-18-6-2-3-7-19(18)17-28/h2-9,29H,10-17H2,1H3,(H,24,25). The Hall–Kier alpha value is -3.22. The van der Waals surface area contributed by atoms with E-state index in [1.54, 1.807) is 13.1 Å². The molecule has 0 atom stereocenters. The zero-order chi connectivity index (χ0) is 20.9. The number of para-hydroxylation sites is 2. The lowest BCUT2D eigenvalue weighted by Gasteiger charge is -2.38. The molecule has 1 fully saturated rings. The minimum absolute atomic E-state index is 0.0958. The highest BCUT2D eigenvalue weighted by Crippen LogP contribution is 2.27. The van der Waals surface area contributed by atoms with Gasteiger partial charge in [-0.2, -0.15) is 0 Å². The Bertz CT molecular complexity index is 921. The fraction of sp³-hybridized carbons (Fsp3) is 0.391. The summed E-state index contributed by atoms with van der Waals surface area (Å²) in [5.74, 6) is 1.15. The lowest BCUT2D eigenvalue weighted by atomic mass is 10.00. The first kappa shape index (κ1) is 20.1. The molecule has 2 aromatic rings. The number of anilines is 1. The van der Waals surface area contributed by atoms with Crippen LogP contribution in [0.15, 0.2) is 53.5 Å². The maximum Gasteiger partial charge on any atom is 0.242 e. The first-order valence-electron chi connectivity index (χ1n) is 10.5. The summed E-state index contributed by atoms with van der Waals surface area (Å²) in [6.07, 6.45) is 0.908. The Labute approximate surface area is 177 Å². The lowest BCUT2D eigenvalue weighted by Crippen LogP contribution is -2.54. The Balaban J connectivity index is 1.28. The van der Waals surface area contributed by atoms with Crippen molar-refractivity contribution in [3.8, 4) is 5.75 Å². The molecule has 2 aliphatic rings. The van der Waals surface area contributed by atoms with Crippen molar-refractivity contribution in [2.45, 2.75) is 13.0 Å². The number of carbonyl (C=O) groups is 1. The number of piperazine rings is 1. The largest absolute Gasteiger partial charge is 0.506 e. The van der Waals surface area contributed by atoms with E-state index < -0.39 is 0 Å². The Morgan fingerprint density at radius 3 is 2.40 bits per heavy atom. The summed E-state index contributed by atoms with van der Waals surface area (Å²) in [6.45, 7) is 4.81. The van der Waals surface area contributed by atoms with E-state index in [0.717, 1.165) is 50.8 Å². The summed E-state index contributed by atoms with van der Waals surface area (Å²) in [6, 6.07) is 15.8. The maximum atomic E-state index is 12.7. The van der Waals surface area contributed by atoms with Crippen molar-refractivity contribution >= 4 is 17.6 Å². The van der Waals surface area contributed by atoms with Crippen molar-refractivity contribution in [3.63, 3.8) is 0 Å². The molecule has 4 rings (SSSR count). The second-order valence-electron chi connectivity index (χ2n) is 7.70. The second-order valence-corrected chi connectivity index (χ2v) is 7.70. The van der Waals surface area contributed by atoms with Crippen LogP contribution in [0.4, 0.5) is 5.69 Å². The number of phenols is 1. The van der Waals surface area contributed by atoms with Gasteiger partial charge < -0.3 is 25.1 Å². The molecular weight excluding hydrogens is 378 g/mol. The molecule has 1 amide bonds. The molecule has 0 bridgehead atoms. The van der Waals surface area contributed by atoms with Gasteiger partial charge in [-0.1, -0.05) is 36.4 Å². The zero-order valence-corrected chi connectivity index (χ0v) is 17.4. The summed E-state index contributed by atoms with van der Waals surface area (Å²) in [5.41, 5.74) is 3.44. The molecule has 30 heavy (non-hydrogen) atoms. The van der Waals surface area contributed by atoms with Gasteiger partial charge in [-0.05, 0) is 29.7 Å². The summed E-state index contributed by atoms with van der Waals surface area (Å²) in [4.78, 5) is 23.4. The third-order valence-electron chi connectivity index (χ3n) is 5.89. The van der Waals surface area contributed by atoms with Gasteiger partial charge >= 0.3 is 0 Å². The highest BCUT2D eigenvalue weighted by atomic mass is 16.3. The molecule has 0 spiro atoms. The number of aliphatic imine (C=N–C) groups is 1. The van der Waals surface area contributed by atoms with E-state index in [9.17, 15) is 9.90 Å². The predicted octanol–water partition coefficient (Wildman–Crippen LogP) is 1.67. The van der Waals surface area contributed by atoms with Crippen molar-refractivity contribution in [3.05, 3.63) is 59.7 Å². The Kier molecular flexibility index (Phi) is 6.07. The monoisotopic (exact) mass is 407 g/mol. The van der Waals surface area contributed by atoms with E-state index in [-0.39, 0.29) is 12.5 Å². The van der Waals surface area contributed by atoms with E-state index in [1.165, 1.54) is 11.1 Å². The minimum atomic E-state index is 0.0958. The van der Waals surface area contributed by atoms with Gasteiger partial charge in [-0.25, -0.2) is 0 Å². The third-order valence-corrected chi connectivity index (χ3v) is 5.89. The molecule has 1 saturated heterocycles. The number of nitrogens with one attached hydrogen (secondary N) is 1. The molecule has 0 aliphatic carbocycles.